The summed E-state index contributed by atoms with van der Waals surface area (Å²) in [4.78, 5) is 0.0516. The normalized spacial score (nSPS) is 13.4. The van der Waals surface area contributed by atoms with E-state index in [1.54, 1.807) is 18.2 Å². The maximum atomic E-state index is 12.0. The van der Waals surface area contributed by atoms with Crippen molar-refractivity contribution >= 4 is 9.84 Å². The summed E-state index contributed by atoms with van der Waals surface area (Å²) in [5.74, 6) is 0. The predicted octanol–water partition coefficient (Wildman–Crippen LogP) is 2.13. The third-order valence-electron chi connectivity index (χ3n) is 2.33. The van der Waals surface area contributed by atoms with Crippen LogP contribution >= 0.6 is 0 Å². The molecule has 0 saturated carbocycles. The first-order valence-corrected chi connectivity index (χ1v) is 6.65. The molecule has 88 valence electrons. The van der Waals surface area contributed by atoms with Gasteiger partial charge >= 0.3 is 0 Å². The van der Waals surface area contributed by atoms with E-state index in [0.29, 0.717) is 12.8 Å². The van der Waals surface area contributed by atoms with Gasteiger partial charge in [-0.25, -0.2) is 8.42 Å². The van der Waals surface area contributed by atoms with Crippen LogP contribution in [0.1, 0.15) is 19.8 Å². The lowest BCUT2D eigenvalue weighted by Gasteiger charge is -2.13. The van der Waals surface area contributed by atoms with Gasteiger partial charge in [-0.15, -0.1) is 0 Å². The van der Waals surface area contributed by atoms with Gasteiger partial charge in [0.15, 0.2) is 0 Å². The molecule has 16 heavy (non-hydrogen) atoms. The molecule has 1 rings (SSSR count). The molecule has 0 bridgehead atoms. The Labute approximate surface area is 96.4 Å². The minimum absolute atomic E-state index is 0.124. The number of sulfone groups is 1. The Morgan fingerprint density at radius 3 is 2.44 bits per heavy atom. The Morgan fingerprint density at radius 1 is 1.38 bits per heavy atom. The lowest BCUT2D eigenvalue weighted by molar-refractivity contribution is 0.207. The standard InChI is InChI=1S/C12H16O3S/c1-3-7-12(13)10(2)16(14,15)11-8-5-4-6-9-11/h4-6,8-9,12-13H,2-3,7H2,1H3. The van der Waals surface area contributed by atoms with E-state index in [0.717, 1.165) is 0 Å². The quantitative estimate of drug-likeness (QED) is 0.857. The molecule has 4 heteroatoms. The number of hydrogen-bond acceptors (Lipinski definition) is 3. The molecule has 0 aliphatic carbocycles. The Bertz CT molecular complexity index is 448. The van der Waals surface area contributed by atoms with Crippen LogP contribution < -0.4 is 0 Å². The fourth-order valence-corrected chi connectivity index (χ4v) is 2.66. The van der Waals surface area contributed by atoms with E-state index in [2.05, 4.69) is 6.58 Å². The Hall–Kier alpha value is -1.13. The minimum atomic E-state index is -3.60. The lowest BCUT2D eigenvalue weighted by Crippen LogP contribution is -2.17. The number of benzene rings is 1. The molecule has 1 atom stereocenters. The van der Waals surface area contributed by atoms with Crippen LogP contribution in [0.2, 0.25) is 0 Å². The molecular weight excluding hydrogens is 224 g/mol. The molecule has 1 unspecified atom stereocenters. The zero-order valence-electron chi connectivity index (χ0n) is 9.26. The van der Waals surface area contributed by atoms with Crippen LogP contribution in [0, 0.1) is 0 Å². The van der Waals surface area contributed by atoms with Crippen molar-refractivity contribution < 1.29 is 13.5 Å². The lowest BCUT2D eigenvalue weighted by atomic mass is 10.2. The van der Waals surface area contributed by atoms with E-state index in [1.807, 2.05) is 6.92 Å². The highest BCUT2D eigenvalue weighted by Crippen LogP contribution is 2.21. The highest BCUT2D eigenvalue weighted by Gasteiger charge is 2.23. The van der Waals surface area contributed by atoms with Crippen LogP contribution in [0.5, 0.6) is 0 Å². The van der Waals surface area contributed by atoms with Crippen LogP contribution in [0.3, 0.4) is 0 Å². The SMILES string of the molecule is C=C(C(O)CCC)S(=O)(=O)c1ccccc1. The summed E-state index contributed by atoms with van der Waals surface area (Å²) < 4.78 is 24.0. The molecule has 0 radical (unpaired) electrons. The molecule has 3 nitrogen and oxygen atoms in total. The smallest absolute Gasteiger partial charge is 0.204 e. The molecule has 0 fully saturated rings. The summed E-state index contributed by atoms with van der Waals surface area (Å²) in [5, 5.41) is 9.64. The molecule has 0 heterocycles. The second-order valence-corrected chi connectivity index (χ2v) is 5.59. The van der Waals surface area contributed by atoms with Crippen molar-refractivity contribution in [2.75, 3.05) is 0 Å². The van der Waals surface area contributed by atoms with E-state index in [9.17, 15) is 13.5 Å². The van der Waals surface area contributed by atoms with Gasteiger partial charge in [0.1, 0.15) is 0 Å². The van der Waals surface area contributed by atoms with Gasteiger partial charge in [-0.3, -0.25) is 0 Å². The summed E-state index contributed by atoms with van der Waals surface area (Å²) in [6.45, 7) is 5.36. The van der Waals surface area contributed by atoms with E-state index in [1.165, 1.54) is 12.1 Å². The number of rotatable bonds is 5. The van der Waals surface area contributed by atoms with Crippen LogP contribution in [0.25, 0.3) is 0 Å². The van der Waals surface area contributed by atoms with Gasteiger partial charge in [-0.2, -0.15) is 0 Å². The third-order valence-corrected chi connectivity index (χ3v) is 4.19. The van der Waals surface area contributed by atoms with Crippen molar-refractivity contribution in [1.82, 2.24) is 0 Å². The van der Waals surface area contributed by atoms with E-state index >= 15 is 0 Å². The molecule has 0 amide bonds. The number of hydrogen-bond donors (Lipinski definition) is 1. The Morgan fingerprint density at radius 2 is 1.94 bits per heavy atom. The largest absolute Gasteiger partial charge is 0.388 e. The summed E-state index contributed by atoms with van der Waals surface area (Å²) in [5.41, 5.74) is 0. The van der Waals surface area contributed by atoms with Crippen molar-refractivity contribution in [3.63, 3.8) is 0 Å². The highest BCUT2D eigenvalue weighted by molar-refractivity contribution is 7.95. The van der Waals surface area contributed by atoms with Crippen molar-refractivity contribution in [3.8, 4) is 0 Å². The molecule has 0 spiro atoms. The van der Waals surface area contributed by atoms with E-state index < -0.39 is 15.9 Å². The van der Waals surface area contributed by atoms with Gasteiger partial charge in [-0.1, -0.05) is 38.1 Å². The summed E-state index contributed by atoms with van der Waals surface area (Å²) in [6, 6.07) is 8.03. The maximum Gasteiger partial charge on any atom is 0.204 e. The second kappa shape index (κ2) is 5.27. The molecular formula is C12H16O3S. The first-order valence-electron chi connectivity index (χ1n) is 5.17. The van der Waals surface area contributed by atoms with E-state index in [-0.39, 0.29) is 9.80 Å². The van der Waals surface area contributed by atoms with Gasteiger partial charge in [0, 0.05) is 0 Å². The van der Waals surface area contributed by atoms with Crippen molar-refractivity contribution in [1.29, 1.82) is 0 Å². The van der Waals surface area contributed by atoms with Crippen molar-refractivity contribution in [2.24, 2.45) is 0 Å². The Balaban J connectivity index is 3.00. The summed E-state index contributed by atoms with van der Waals surface area (Å²) in [6.07, 6.45) is 0.130. The molecule has 0 aliphatic heterocycles. The average Bonchev–Trinajstić information content (AvgIpc) is 2.29. The predicted molar refractivity (Wildman–Crippen MR) is 63.7 cm³/mol. The fourth-order valence-electron chi connectivity index (χ4n) is 1.36. The zero-order valence-corrected chi connectivity index (χ0v) is 10.1. The van der Waals surface area contributed by atoms with Gasteiger partial charge in [0.2, 0.25) is 9.84 Å². The zero-order chi connectivity index (χ0) is 12.2. The van der Waals surface area contributed by atoms with Crippen LogP contribution in [-0.2, 0) is 9.84 Å². The van der Waals surface area contributed by atoms with Crippen LogP contribution in [-0.4, -0.2) is 19.6 Å². The number of aliphatic hydroxyl groups excluding tert-OH is 1. The van der Waals surface area contributed by atoms with Gasteiger partial charge < -0.3 is 5.11 Å². The topological polar surface area (TPSA) is 54.4 Å². The molecule has 1 aromatic carbocycles. The fraction of sp³-hybridized carbons (Fsp3) is 0.333. The second-order valence-electron chi connectivity index (χ2n) is 3.59. The summed E-state index contributed by atoms with van der Waals surface area (Å²) >= 11 is 0. The number of aliphatic hydroxyl groups is 1. The summed E-state index contributed by atoms with van der Waals surface area (Å²) in [7, 11) is -3.60. The van der Waals surface area contributed by atoms with Gasteiger partial charge in [0.05, 0.1) is 15.9 Å². The molecule has 0 aromatic heterocycles. The first kappa shape index (κ1) is 12.9. The maximum absolute atomic E-state index is 12.0. The average molecular weight is 240 g/mol. The third kappa shape index (κ3) is 2.71. The monoisotopic (exact) mass is 240 g/mol. The molecule has 1 aromatic rings. The van der Waals surface area contributed by atoms with Crippen LogP contribution in [0.15, 0.2) is 46.7 Å². The van der Waals surface area contributed by atoms with Crippen LogP contribution in [0.4, 0.5) is 0 Å². The van der Waals surface area contributed by atoms with E-state index in [4.69, 9.17) is 0 Å². The van der Waals surface area contributed by atoms with Crippen molar-refractivity contribution in [2.45, 2.75) is 30.8 Å². The van der Waals surface area contributed by atoms with Gasteiger partial charge in [-0.05, 0) is 18.6 Å². The molecule has 0 saturated heterocycles. The Kier molecular flexibility index (Phi) is 4.26. The first-order chi connectivity index (χ1) is 7.50. The highest BCUT2D eigenvalue weighted by atomic mass is 32.2. The van der Waals surface area contributed by atoms with Gasteiger partial charge in [0.25, 0.3) is 0 Å². The van der Waals surface area contributed by atoms with Crippen molar-refractivity contribution in [3.05, 3.63) is 41.8 Å². The minimum Gasteiger partial charge on any atom is -0.388 e. The molecule has 0 aliphatic rings. The molecule has 1 N–H and O–H groups in total.